The van der Waals surface area contributed by atoms with E-state index >= 15 is 0 Å². The normalized spacial score (nSPS) is 19.3. The van der Waals surface area contributed by atoms with Crippen molar-refractivity contribution < 1.29 is 19.0 Å². The molecule has 0 amide bonds. The summed E-state index contributed by atoms with van der Waals surface area (Å²) in [7, 11) is 1.65. The second kappa shape index (κ2) is 8.64. The molecule has 0 aromatic heterocycles. The molecule has 1 saturated heterocycles. The van der Waals surface area contributed by atoms with E-state index in [0.717, 1.165) is 36.5 Å². The van der Waals surface area contributed by atoms with E-state index < -0.39 is 0 Å². The maximum Gasteiger partial charge on any atom is 0.157 e. The van der Waals surface area contributed by atoms with Crippen LogP contribution in [-0.2, 0) is 14.3 Å². The Morgan fingerprint density at radius 2 is 2.05 bits per heavy atom. The zero-order valence-corrected chi connectivity index (χ0v) is 12.7. The Balaban J connectivity index is 1.67. The summed E-state index contributed by atoms with van der Waals surface area (Å²) < 4.78 is 16.2. The van der Waals surface area contributed by atoms with Gasteiger partial charge in [0.1, 0.15) is 12.4 Å². The first-order valence-electron chi connectivity index (χ1n) is 7.34. The molecule has 1 aromatic carbocycles. The number of hydrogen-bond acceptors (Lipinski definition) is 5. The summed E-state index contributed by atoms with van der Waals surface area (Å²) in [6.07, 6.45) is 3.19. The van der Waals surface area contributed by atoms with Crippen LogP contribution in [0.1, 0.15) is 31.7 Å². The lowest BCUT2D eigenvalue weighted by Crippen LogP contribution is -2.23. The molecule has 1 aromatic rings. The second-order valence-electron chi connectivity index (χ2n) is 4.91. The maximum atomic E-state index is 5.57. The van der Waals surface area contributed by atoms with Crippen LogP contribution in [0.25, 0.3) is 0 Å². The molecule has 1 aliphatic rings. The molecule has 0 N–H and O–H groups in total. The van der Waals surface area contributed by atoms with E-state index in [9.17, 15) is 0 Å². The van der Waals surface area contributed by atoms with Crippen molar-refractivity contribution in [3.05, 3.63) is 29.8 Å². The standard InChI is InChI=1S/C16H23NO4/c1-13(14-6-8-15(18-2)9-7-14)17-21-12-11-20-16-5-3-4-10-19-16/h6-9,16H,3-5,10-12H2,1-2H3/b17-13+. The van der Waals surface area contributed by atoms with Crippen LogP contribution in [0.5, 0.6) is 5.75 Å². The van der Waals surface area contributed by atoms with Gasteiger partial charge in [0.15, 0.2) is 6.29 Å². The molecule has 5 nitrogen and oxygen atoms in total. The third-order valence-electron chi connectivity index (χ3n) is 3.33. The average Bonchev–Trinajstić information content (AvgIpc) is 2.55. The number of nitrogens with zero attached hydrogens (tertiary/aromatic N) is 1. The van der Waals surface area contributed by atoms with Crippen LogP contribution in [0.3, 0.4) is 0 Å². The summed E-state index contributed by atoms with van der Waals surface area (Å²) >= 11 is 0. The van der Waals surface area contributed by atoms with Crippen molar-refractivity contribution in [3.8, 4) is 5.75 Å². The lowest BCUT2D eigenvalue weighted by Gasteiger charge is -2.22. The predicted molar refractivity (Wildman–Crippen MR) is 80.7 cm³/mol. The third kappa shape index (κ3) is 5.36. The summed E-state index contributed by atoms with van der Waals surface area (Å²) in [5.74, 6) is 0.827. The highest BCUT2D eigenvalue weighted by molar-refractivity contribution is 5.98. The van der Waals surface area contributed by atoms with Crippen LogP contribution in [0, 0.1) is 0 Å². The summed E-state index contributed by atoms with van der Waals surface area (Å²) in [5.41, 5.74) is 1.83. The number of methoxy groups -OCH3 is 1. The lowest BCUT2D eigenvalue weighted by atomic mass is 10.1. The molecule has 0 spiro atoms. The first kappa shape index (κ1) is 15.8. The van der Waals surface area contributed by atoms with Crippen molar-refractivity contribution in [2.24, 2.45) is 5.16 Å². The fraction of sp³-hybridized carbons (Fsp3) is 0.562. The molecule has 1 atom stereocenters. The van der Waals surface area contributed by atoms with E-state index in [1.807, 2.05) is 31.2 Å². The zero-order chi connectivity index (χ0) is 14.9. The lowest BCUT2D eigenvalue weighted by molar-refractivity contribution is -0.169. The quantitative estimate of drug-likeness (QED) is 0.440. The Bertz CT molecular complexity index is 438. The topological polar surface area (TPSA) is 49.3 Å². The van der Waals surface area contributed by atoms with Crippen LogP contribution in [0.2, 0.25) is 0 Å². The average molecular weight is 293 g/mol. The highest BCUT2D eigenvalue weighted by atomic mass is 16.7. The van der Waals surface area contributed by atoms with Crippen molar-refractivity contribution in [3.63, 3.8) is 0 Å². The molecule has 21 heavy (non-hydrogen) atoms. The van der Waals surface area contributed by atoms with Crippen LogP contribution in [-0.4, -0.2) is 38.9 Å². The number of rotatable bonds is 7. The number of oxime groups is 1. The molecule has 1 heterocycles. The molecule has 116 valence electrons. The largest absolute Gasteiger partial charge is 0.497 e. The van der Waals surface area contributed by atoms with Gasteiger partial charge >= 0.3 is 0 Å². The minimum Gasteiger partial charge on any atom is -0.497 e. The van der Waals surface area contributed by atoms with Crippen LogP contribution in [0.4, 0.5) is 0 Å². The molecule has 0 aliphatic carbocycles. The highest BCUT2D eigenvalue weighted by Gasteiger charge is 2.13. The van der Waals surface area contributed by atoms with E-state index in [1.165, 1.54) is 6.42 Å². The van der Waals surface area contributed by atoms with Gasteiger partial charge in [-0.1, -0.05) is 5.16 Å². The minimum atomic E-state index is -0.0750. The predicted octanol–water partition coefficient (Wildman–Crippen LogP) is 2.98. The maximum absolute atomic E-state index is 5.57. The van der Waals surface area contributed by atoms with E-state index in [1.54, 1.807) is 7.11 Å². The summed E-state index contributed by atoms with van der Waals surface area (Å²) in [6, 6.07) is 7.70. The van der Waals surface area contributed by atoms with Crippen molar-refractivity contribution in [2.75, 3.05) is 26.9 Å². The van der Waals surface area contributed by atoms with Crippen molar-refractivity contribution in [1.82, 2.24) is 0 Å². The van der Waals surface area contributed by atoms with Gasteiger partial charge in [-0.3, -0.25) is 0 Å². The first-order chi connectivity index (χ1) is 10.3. The summed E-state index contributed by atoms with van der Waals surface area (Å²) in [5, 5.41) is 4.09. The highest BCUT2D eigenvalue weighted by Crippen LogP contribution is 2.14. The third-order valence-corrected chi connectivity index (χ3v) is 3.33. The molecule has 0 bridgehead atoms. The zero-order valence-electron chi connectivity index (χ0n) is 12.7. The Hall–Kier alpha value is -1.59. The Morgan fingerprint density at radius 3 is 2.71 bits per heavy atom. The molecule has 0 saturated carbocycles. The van der Waals surface area contributed by atoms with Gasteiger partial charge in [-0.2, -0.15) is 0 Å². The van der Waals surface area contributed by atoms with E-state index in [4.69, 9.17) is 19.0 Å². The Kier molecular flexibility index (Phi) is 6.50. The molecule has 1 fully saturated rings. The summed E-state index contributed by atoms with van der Waals surface area (Å²) in [6.45, 7) is 3.62. The van der Waals surface area contributed by atoms with Gasteiger partial charge in [-0.05, 0) is 56.0 Å². The number of ether oxygens (including phenoxy) is 3. The summed E-state index contributed by atoms with van der Waals surface area (Å²) in [4.78, 5) is 5.27. The molecular formula is C16H23NO4. The molecule has 1 aliphatic heterocycles. The van der Waals surface area contributed by atoms with Crippen LogP contribution < -0.4 is 4.74 Å². The fourth-order valence-electron chi connectivity index (χ4n) is 2.09. The number of benzene rings is 1. The van der Waals surface area contributed by atoms with E-state index in [-0.39, 0.29) is 6.29 Å². The smallest absolute Gasteiger partial charge is 0.157 e. The van der Waals surface area contributed by atoms with Gasteiger partial charge in [0, 0.05) is 6.61 Å². The van der Waals surface area contributed by atoms with E-state index in [0.29, 0.717) is 13.2 Å². The minimum absolute atomic E-state index is 0.0750. The molecule has 5 heteroatoms. The van der Waals surface area contributed by atoms with Gasteiger partial charge in [0.25, 0.3) is 0 Å². The molecule has 2 rings (SSSR count). The van der Waals surface area contributed by atoms with Gasteiger partial charge in [-0.25, -0.2) is 0 Å². The Morgan fingerprint density at radius 1 is 1.24 bits per heavy atom. The monoisotopic (exact) mass is 293 g/mol. The SMILES string of the molecule is COc1ccc(/C(C)=N/OCCOC2CCCCO2)cc1. The van der Waals surface area contributed by atoms with Gasteiger partial charge in [-0.15, -0.1) is 0 Å². The first-order valence-corrected chi connectivity index (χ1v) is 7.34. The Labute approximate surface area is 125 Å². The number of hydrogen-bond donors (Lipinski definition) is 0. The fourth-order valence-corrected chi connectivity index (χ4v) is 2.09. The van der Waals surface area contributed by atoms with E-state index in [2.05, 4.69) is 5.16 Å². The molecule has 0 radical (unpaired) electrons. The molecular weight excluding hydrogens is 270 g/mol. The van der Waals surface area contributed by atoms with Gasteiger partial charge in [0.2, 0.25) is 0 Å². The van der Waals surface area contributed by atoms with Crippen molar-refractivity contribution >= 4 is 5.71 Å². The van der Waals surface area contributed by atoms with Crippen molar-refractivity contribution in [2.45, 2.75) is 32.5 Å². The second-order valence-corrected chi connectivity index (χ2v) is 4.91. The van der Waals surface area contributed by atoms with Gasteiger partial charge in [0.05, 0.1) is 19.4 Å². The van der Waals surface area contributed by atoms with Crippen molar-refractivity contribution in [1.29, 1.82) is 0 Å². The van der Waals surface area contributed by atoms with Crippen LogP contribution in [0.15, 0.2) is 29.4 Å². The van der Waals surface area contributed by atoms with Gasteiger partial charge < -0.3 is 19.0 Å². The van der Waals surface area contributed by atoms with Crippen LogP contribution >= 0.6 is 0 Å². The molecule has 1 unspecified atom stereocenters.